The lowest BCUT2D eigenvalue weighted by atomic mass is 9.95. The van der Waals surface area contributed by atoms with Gasteiger partial charge in [-0.2, -0.15) is 8.42 Å². The first-order valence-corrected chi connectivity index (χ1v) is 18.2. The van der Waals surface area contributed by atoms with Gasteiger partial charge in [-0.1, -0.05) is 81.4 Å². The maximum atomic E-state index is 12.1. The van der Waals surface area contributed by atoms with Gasteiger partial charge in [-0.3, -0.25) is 9.35 Å². The summed E-state index contributed by atoms with van der Waals surface area (Å²) in [5, 5.41) is 55.7. The minimum absolute atomic E-state index is 0.384. The SMILES string of the molecule is CC(=O)N[C@@H]1[C@@H](OS(=O)(=O)O)[C@H](O[C@@H]2O[C@H](CO)[C@@H](O)[C@H](O)[C@H]2O)[C@@H](CO[Si](c2ccccc2)(c2ccccc2)C(C)(C)C)O[C@@H]1O. The Morgan fingerprint density at radius 1 is 0.872 bits per heavy atom. The molecule has 10 atom stereocenters. The predicted octanol–water partition coefficient (Wildman–Crippen LogP) is -1.84. The van der Waals surface area contributed by atoms with E-state index in [2.05, 4.69) is 5.32 Å². The highest BCUT2D eigenvalue weighted by Gasteiger charge is 2.55. The summed E-state index contributed by atoms with van der Waals surface area (Å²) >= 11 is 0. The summed E-state index contributed by atoms with van der Waals surface area (Å²) in [4.78, 5) is 12.1. The largest absolute Gasteiger partial charge is 0.405 e. The Bertz CT molecular complexity index is 1390. The zero-order valence-corrected chi connectivity index (χ0v) is 28.1. The molecule has 17 heteroatoms. The molecule has 0 aliphatic carbocycles. The van der Waals surface area contributed by atoms with E-state index in [-0.39, 0.29) is 6.61 Å². The third-order valence-electron chi connectivity index (χ3n) is 8.29. The zero-order chi connectivity index (χ0) is 34.7. The number of aliphatic hydroxyl groups excluding tert-OH is 5. The van der Waals surface area contributed by atoms with Crippen LogP contribution in [0.15, 0.2) is 60.7 Å². The molecular weight excluding hydrogens is 658 g/mol. The maximum absolute atomic E-state index is 12.1. The van der Waals surface area contributed by atoms with Crippen molar-refractivity contribution in [2.24, 2.45) is 0 Å². The van der Waals surface area contributed by atoms with Gasteiger partial charge in [0.2, 0.25) is 5.91 Å². The number of ether oxygens (including phenoxy) is 3. The average molecular weight is 702 g/mol. The van der Waals surface area contributed by atoms with Gasteiger partial charge in [-0.05, 0) is 15.4 Å². The van der Waals surface area contributed by atoms with Crippen molar-refractivity contribution in [3.05, 3.63) is 60.7 Å². The van der Waals surface area contributed by atoms with Gasteiger partial charge in [0.1, 0.15) is 48.8 Å². The molecule has 262 valence electrons. The molecule has 2 aromatic carbocycles. The highest BCUT2D eigenvalue weighted by atomic mass is 32.3. The molecule has 1 amide bonds. The van der Waals surface area contributed by atoms with Gasteiger partial charge < -0.3 is 49.5 Å². The standard InChI is InChI=1S/C30H43NO14SSi/c1-17(33)31-22-27(45-46(38,39)40)26(44-29-25(36)24(35)23(34)20(15-32)43-29)21(42-28(22)37)16-41-47(30(2,3)4,18-11-7-5-8-12-18)19-13-9-6-10-14-19/h5-14,20-29,32,34-37H,15-16H2,1-4H3,(H,31,33)(H,38,39,40)/t20-,21-,22-,23-,24+,25-,26-,27-,28+,29+/m1/s1. The predicted molar refractivity (Wildman–Crippen MR) is 167 cm³/mol. The normalized spacial score (nSPS) is 32.1. The Kier molecular flexibility index (Phi) is 12.0. The van der Waals surface area contributed by atoms with Gasteiger partial charge in [0.05, 0.1) is 13.2 Å². The highest BCUT2D eigenvalue weighted by Crippen LogP contribution is 2.38. The number of carbonyl (C=O) groups is 1. The van der Waals surface area contributed by atoms with E-state index in [1.54, 1.807) is 0 Å². The molecule has 2 heterocycles. The van der Waals surface area contributed by atoms with E-state index >= 15 is 0 Å². The van der Waals surface area contributed by atoms with Gasteiger partial charge in [0.15, 0.2) is 12.6 Å². The van der Waals surface area contributed by atoms with Crippen LogP contribution in [0.1, 0.15) is 27.7 Å². The molecule has 0 bridgehead atoms. The fourth-order valence-electron chi connectivity index (χ4n) is 6.17. The van der Waals surface area contributed by atoms with E-state index in [9.17, 15) is 43.3 Å². The van der Waals surface area contributed by atoms with Crippen molar-refractivity contribution in [3.63, 3.8) is 0 Å². The van der Waals surface area contributed by atoms with E-state index in [1.807, 2.05) is 81.4 Å². The van der Waals surface area contributed by atoms with Crippen LogP contribution >= 0.6 is 0 Å². The third kappa shape index (κ3) is 8.27. The maximum Gasteiger partial charge on any atom is 0.397 e. The van der Waals surface area contributed by atoms with Crippen LogP contribution in [0.4, 0.5) is 0 Å². The molecule has 0 unspecified atom stereocenters. The Morgan fingerprint density at radius 2 is 1.43 bits per heavy atom. The van der Waals surface area contributed by atoms with Gasteiger partial charge in [-0.15, -0.1) is 0 Å². The molecule has 2 aliphatic rings. The minimum atomic E-state index is -5.28. The number of hydrogen-bond acceptors (Lipinski definition) is 13. The third-order valence-corrected chi connectivity index (χ3v) is 13.8. The number of benzene rings is 2. The van der Waals surface area contributed by atoms with Gasteiger partial charge in [0.25, 0.3) is 8.32 Å². The van der Waals surface area contributed by atoms with Crippen molar-refractivity contribution < 1.29 is 66.1 Å². The molecule has 0 saturated carbocycles. The molecule has 4 rings (SSSR count). The van der Waals surface area contributed by atoms with Crippen LogP contribution in [0.3, 0.4) is 0 Å². The molecule has 0 radical (unpaired) electrons. The Hall–Kier alpha value is -2.36. The molecule has 2 saturated heterocycles. The van der Waals surface area contributed by atoms with Gasteiger partial charge >= 0.3 is 10.4 Å². The molecule has 0 spiro atoms. The number of rotatable bonds is 11. The molecular formula is C30H43NO14SSi. The van der Waals surface area contributed by atoms with E-state index in [1.165, 1.54) is 0 Å². The summed E-state index contributed by atoms with van der Waals surface area (Å²) in [5.74, 6) is -0.727. The van der Waals surface area contributed by atoms with Gasteiger partial charge in [0, 0.05) is 6.92 Å². The second-order valence-electron chi connectivity index (χ2n) is 12.6. The quantitative estimate of drug-likeness (QED) is 0.101. The number of nitrogens with one attached hydrogen (secondary N) is 1. The van der Waals surface area contributed by atoms with Crippen LogP contribution in [-0.2, 0) is 38.0 Å². The number of aliphatic hydroxyl groups is 5. The van der Waals surface area contributed by atoms with E-state index in [4.69, 9.17) is 22.8 Å². The fourth-order valence-corrected chi connectivity index (χ4v) is 11.2. The molecule has 2 aromatic rings. The zero-order valence-electron chi connectivity index (χ0n) is 26.3. The lowest BCUT2D eigenvalue weighted by Gasteiger charge is -2.48. The summed E-state index contributed by atoms with van der Waals surface area (Å²) in [6.45, 7) is 5.94. The van der Waals surface area contributed by atoms with Crippen LogP contribution < -0.4 is 15.7 Å². The molecule has 47 heavy (non-hydrogen) atoms. The first kappa shape index (κ1) is 37.5. The lowest BCUT2D eigenvalue weighted by Crippen LogP contribution is -2.70. The first-order chi connectivity index (χ1) is 22.0. The van der Waals surface area contributed by atoms with Crippen LogP contribution in [0, 0.1) is 0 Å². The number of carbonyl (C=O) groups excluding carboxylic acids is 1. The van der Waals surface area contributed by atoms with Gasteiger partial charge in [-0.25, -0.2) is 4.18 Å². The number of hydrogen-bond donors (Lipinski definition) is 7. The Labute approximate surface area is 274 Å². The van der Waals surface area contributed by atoms with Crippen LogP contribution in [0.5, 0.6) is 0 Å². The summed E-state index contributed by atoms with van der Waals surface area (Å²) in [7, 11) is -8.56. The van der Waals surface area contributed by atoms with Crippen molar-refractivity contribution >= 4 is 35.0 Å². The molecule has 2 fully saturated rings. The Morgan fingerprint density at radius 3 is 1.89 bits per heavy atom. The van der Waals surface area contributed by atoms with E-state index in [0.29, 0.717) is 0 Å². The Balaban J connectivity index is 1.81. The van der Waals surface area contributed by atoms with Crippen molar-refractivity contribution in [2.75, 3.05) is 13.2 Å². The number of amides is 1. The van der Waals surface area contributed by atoms with E-state index < -0.39 is 97.6 Å². The van der Waals surface area contributed by atoms with Crippen LogP contribution in [0.2, 0.25) is 5.04 Å². The minimum Gasteiger partial charge on any atom is -0.405 e. The molecule has 15 nitrogen and oxygen atoms in total. The highest BCUT2D eigenvalue weighted by molar-refractivity contribution is 7.80. The monoisotopic (exact) mass is 701 g/mol. The average Bonchev–Trinajstić information content (AvgIpc) is 3.00. The molecule has 0 aromatic heterocycles. The fraction of sp³-hybridized carbons (Fsp3) is 0.567. The molecule has 7 N–H and O–H groups in total. The smallest absolute Gasteiger partial charge is 0.397 e. The van der Waals surface area contributed by atoms with Crippen molar-refractivity contribution in [1.82, 2.24) is 5.32 Å². The summed E-state index contributed by atoms with van der Waals surface area (Å²) in [6.07, 6.45) is -15.7. The lowest BCUT2D eigenvalue weighted by molar-refractivity contribution is -0.343. The second-order valence-corrected chi connectivity index (χ2v) is 17.9. The van der Waals surface area contributed by atoms with Crippen LogP contribution in [-0.4, -0.2) is 127 Å². The molecule has 2 aliphatic heterocycles. The van der Waals surface area contributed by atoms with Crippen molar-refractivity contribution in [2.45, 2.75) is 94.1 Å². The van der Waals surface area contributed by atoms with Crippen LogP contribution in [0.25, 0.3) is 0 Å². The van der Waals surface area contributed by atoms with Crippen molar-refractivity contribution in [3.8, 4) is 0 Å². The topological polar surface area (TPSA) is 231 Å². The summed E-state index contributed by atoms with van der Waals surface area (Å²) in [5.41, 5.74) is 0. The van der Waals surface area contributed by atoms with Crippen molar-refractivity contribution in [1.29, 1.82) is 0 Å². The van der Waals surface area contributed by atoms with E-state index in [0.717, 1.165) is 17.3 Å². The summed E-state index contributed by atoms with van der Waals surface area (Å²) in [6, 6.07) is 17.3. The summed E-state index contributed by atoms with van der Waals surface area (Å²) < 4.78 is 63.1. The second kappa shape index (κ2) is 15.0. The first-order valence-electron chi connectivity index (χ1n) is 15.0.